The third kappa shape index (κ3) is 3.35. The minimum absolute atomic E-state index is 0.00157. The number of rotatable bonds is 4. The van der Waals surface area contributed by atoms with Crippen molar-refractivity contribution in [2.45, 2.75) is 24.7 Å². The Morgan fingerprint density at radius 2 is 1.84 bits per heavy atom. The number of carbonyl (C=O) groups excluding carboxylic acids is 1. The molecular formula is C18H16ClNO3S2. The maximum atomic E-state index is 13.2. The third-order valence-electron chi connectivity index (χ3n) is 3.87. The highest BCUT2D eigenvalue weighted by Crippen LogP contribution is 2.37. The average molecular weight is 394 g/mol. The molecule has 2 aromatic carbocycles. The number of benzene rings is 2. The Kier molecular flexibility index (Phi) is 4.72. The van der Waals surface area contributed by atoms with Crippen molar-refractivity contribution >= 4 is 48.8 Å². The van der Waals surface area contributed by atoms with Crippen LogP contribution in [0.5, 0.6) is 0 Å². The van der Waals surface area contributed by atoms with Gasteiger partial charge in [0.25, 0.3) is 0 Å². The van der Waals surface area contributed by atoms with E-state index >= 15 is 0 Å². The molecule has 0 spiro atoms. The minimum Gasteiger partial charge on any atom is -0.289 e. The van der Waals surface area contributed by atoms with Crippen LogP contribution in [0.25, 0.3) is 10.1 Å². The molecule has 1 heterocycles. The molecule has 7 heteroatoms. The Bertz CT molecular complexity index is 1080. The molecule has 0 fully saturated rings. The standard InChI is InChI=1S/C18H16ClNO3S2/c1-10(2)18-16(12-5-3-4-6-14(12)24-18)17(21)11-7-8-13(19)15(9-11)25(20,22)23/h3-10H,1-2H3,(H2,20,22,23). The fourth-order valence-electron chi connectivity index (χ4n) is 2.71. The van der Waals surface area contributed by atoms with Crippen LogP contribution in [-0.4, -0.2) is 14.2 Å². The van der Waals surface area contributed by atoms with Crippen molar-refractivity contribution in [3.8, 4) is 0 Å². The molecule has 130 valence electrons. The number of carbonyl (C=O) groups is 1. The summed E-state index contributed by atoms with van der Waals surface area (Å²) >= 11 is 7.50. The molecule has 1 aromatic heterocycles. The molecule has 0 bridgehead atoms. The van der Waals surface area contributed by atoms with Gasteiger partial charge in [-0.1, -0.05) is 43.6 Å². The van der Waals surface area contributed by atoms with Crippen LogP contribution in [-0.2, 0) is 10.0 Å². The summed E-state index contributed by atoms with van der Waals surface area (Å²) in [5.41, 5.74) is 0.858. The first-order chi connectivity index (χ1) is 11.7. The topological polar surface area (TPSA) is 77.2 Å². The van der Waals surface area contributed by atoms with Gasteiger partial charge in [-0.15, -0.1) is 11.3 Å². The molecule has 25 heavy (non-hydrogen) atoms. The van der Waals surface area contributed by atoms with E-state index in [9.17, 15) is 13.2 Å². The van der Waals surface area contributed by atoms with Crippen LogP contribution in [0.2, 0.25) is 5.02 Å². The van der Waals surface area contributed by atoms with Gasteiger partial charge in [-0.2, -0.15) is 0 Å². The number of halogens is 1. The maximum Gasteiger partial charge on any atom is 0.239 e. The van der Waals surface area contributed by atoms with E-state index in [-0.39, 0.29) is 27.2 Å². The molecule has 4 nitrogen and oxygen atoms in total. The summed E-state index contributed by atoms with van der Waals surface area (Å²) in [7, 11) is -4.01. The number of primary sulfonamides is 1. The van der Waals surface area contributed by atoms with Crippen LogP contribution in [0.4, 0.5) is 0 Å². The van der Waals surface area contributed by atoms with E-state index in [1.54, 1.807) is 11.3 Å². The van der Waals surface area contributed by atoms with Gasteiger partial charge in [-0.3, -0.25) is 4.79 Å². The minimum atomic E-state index is -4.01. The van der Waals surface area contributed by atoms with Crippen LogP contribution in [0.15, 0.2) is 47.4 Å². The number of fused-ring (bicyclic) bond motifs is 1. The van der Waals surface area contributed by atoms with Gasteiger partial charge in [-0.05, 0) is 30.2 Å². The highest BCUT2D eigenvalue weighted by molar-refractivity contribution is 7.89. The lowest BCUT2D eigenvalue weighted by atomic mass is 9.96. The van der Waals surface area contributed by atoms with E-state index in [4.69, 9.17) is 16.7 Å². The average Bonchev–Trinajstić information content (AvgIpc) is 2.93. The van der Waals surface area contributed by atoms with Gasteiger partial charge in [0.2, 0.25) is 10.0 Å². The van der Waals surface area contributed by atoms with Crippen molar-refractivity contribution in [2.24, 2.45) is 5.14 Å². The van der Waals surface area contributed by atoms with Crippen LogP contribution in [0.1, 0.15) is 40.6 Å². The van der Waals surface area contributed by atoms with Crippen molar-refractivity contribution in [3.63, 3.8) is 0 Å². The predicted octanol–water partition coefficient (Wildman–Crippen LogP) is 4.56. The quantitative estimate of drug-likeness (QED) is 0.660. The molecule has 3 rings (SSSR count). The zero-order chi connectivity index (χ0) is 18.4. The molecule has 3 aromatic rings. The number of thiophene rings is 1. The van der Waals surface area contributed by atoms with E-state index in [1.807, 2.05) is 38.1 Å². The van der Waals surface area contributed by atoms with Gasteiger partial charge in [0, 0.05) is 26.1 Å². The SMILES string of the molecule is CC(C)c1sc2ccccc2c1C(=O)c1ccc(Cl)c(S(N)(=O)=O)c1. The number of sulfonamides is 1. The smallest absolute Gasteiger partial charge is 0.239 e. The Morgan fingerprint density at radius 3 is 2.48 bits per heavy atom. The number of hydrogen-bond acceptors (Lipinski definition) is 4. The largest absolute Gasteiger partial charge is 0.289 e. The Balaban J connectivity index is 2.23. The van der Waals surface area contributed by atoms with E-state index < -0.39 is 10.0 Å². The summed E-state index contributed by atoms with van der Waals surface area (Å²) in [4.78, 5) is 13.9. The monoisotopic (exact) mass is 393 g/mol. The fourth-order valence-corrected chi connectivity index (χ4v) is 4.99. The van der Waals surface area contributed by atoms with E-state index in [0.29, 0.717) is 5.56 Å². The lowest BCUT2D eigenvalue weighted by Crippen LogP contribution is -2.14. The Morgan fingerprint density at radius 1 is 1.16 bits per heavy atom. The van der Waals surface area contributed by atoms with Crippen molar-refractivity contribution < 1.29 is 13.2 Å². The Labute approximate surface area is 155 Å². The van der Waals surface area contributed by atoms with Crippen LogP contribution in [0, 0.1) is 0 Å². The third-order valence-corrected chi connectivity index (χ3v) is 6.74. The van der Waals surface area contributed by atoms with Crippen LogP contribution >= 0.6 is 22.9 Å². The molecule has 2 N–H and O–H groups in total. The second-order valence-electron chi connectivity index (χ2n) is 6.01. The summed E-state index contributed by atoms with van der Waals surface area (Å²) in [6, 6.07) is 11.8. The zero-order valence-electron chi connectivity index (χ0n) is 13.6. The molecule has 0 aliphatic rings. The van der Waals surface area contributed by atoms with Crippen LogP contribution < -0.4 is 5.14 Å². The predicted molar refractivity (Wildman–Crippen MR) is 102 cm³/mol. The second kappa shape index (κ2) is 6.53. The normalized spacial score (nSPS) is 12.0. The second-order valence-corrected chi connectivity index (χ2v) is 9.03. The van der Waals surface area contributed by atoms with Crippen LogP contribution in [0.3, 0.4) is 0 Å². The van der Waals surface area contributed by atoms with E-state index in [1.165, 1.54) is 18.2 Å². The van der Waals surface area contributed by atoms with Crippen molar-refractivity contribution in [3.05, 3.63) is 63.5 Å². The zero-order valence-corrected chi connectivity index (χ0v) is 16.0. The number of ketones is 1. The number of nitrogens with two attached hydrogens (primary N) is 1. The number of hydrogen-bond donors (Lipinski definition) is 1. The first kappa shape index (κ1) is 18.1. The van der Waals surface area contributed by atoms with Crippen molar-refractivity contribution in [1.82, 2.24) is 0 Å². The van der Waals surface area contributed by atoms with Gasteiger partial charge >= 0.3 is 0 Å². The molecule has 0 atom stereocenters. The molecule has 0 saturated carbocycles. The highest BCUT2D eigenvalue weighted by atomic mass is 35.5. The molecule has 0 aliphatic carbocycles. The van der Waals surface area contributed by atoms with Crippen molar-refractivity contribution in [1.29, 1.82) is 0 Å². The van der Waals surface area contributed by atoms with E-state index in [0.717, 1.165) is 15.0 Å². The molecule has 0 amide bonds. The summed E-state index contributed by atoms with van der Waals surface area (Å²) in [6.07, 6.45) is 0. The van der Waals surface area contributed by atoms with Crippen molar-refractivity contribution in [2.75, 3.05) is 0 Å². The lowest BCUT2D eigenvalue weighted by molar-refractivity contribution is 0.103. The highest BCUT2D eigenvalue weighted by Gasteiger charge is 2.23. The van der Waals surface area contributed by atoms with Gasteiger partial charge in [-0.25, -0.2) is 13.6 Å². The molecular weight excluding hydrogens is 378 g/mol. The molecule has 0 unspecified atom stereocenters. The van der Waals surface area contributed by atoms with E-state index in [2.05, 4.69) is 0 Å². The summed E-state index contributed by atoms with van der Waals surface area (Å²) < 4.78 is 24.4. The lowest BCUT2D eigenvalue weighted by Gasteiger charge is -2.09. The molecule has 0 saturated heterocycles. The first-order valence-corrected chi connectivity index (χ1v) is 10.3. The Hall–Kier alpha value is -1.73. The van der Waals surface area contributed by atoms with Gasteiger partial charge in [0.15, 0.2) is 5.78 Å². The summed E-state index contributed by atoms with van der Waals surface area (Å²) in [5, 5.41) is 6.06. The van der Waals surface area contributed by atoms with Gasteiger partial charge in [0.1, 0.15) is 4.90 Å². The summed E-state index contributed by atoms with van der Waals surface area (Å²) in [5.74, 6) is -0.0657. The van der Waals surface area contributed by atoms with Gasteiger partial charge < -0.3 is 0 Å². The maximum absolute atomic E-state index is 13.2. The van der Waals surface area contributed by atoms with Gasteiger partial charge in [0.05, 0.1) is 5.02 Å². The molecule has 0 aliphatic heterocycles. The first-order valence-electron chi connectivity index (χ1n) is 7.58. The fraction of sp³-hybridized carbons (Fsp3) is 0.167. The summed E-state index contributed by atoms with van der Waals surface area (Å²) in [6.45, 7) is 4.05. The molecule has 0 radical (unpaired) electrons.